The Morgan fingerprint density at radius 2 is 1.91 bits per heavy atom. The van der Waals surface area contributed by atoms with Crippen molar-refractivity contribution in [2.45, 2.75) is 38.1 Å². The minimum Gasteiger partial charge on any atom is -0.492 e. The summed E-state index contributed by atoms with van der Waals surface area (Å²) in [5, 5.41) is 2.91. The molecule has 0 radical (unpaired) electrons. The second kappa shape index (κ2) is 10.5. The second-order valence-corrected chi connectivity index (χ2v) is 9.85. The van der Waals surface area contributed by atoms with Gasteiger partial charge in [-0.25, -0.2) is 13.4 Å². The molecule has 34 heavy (non-hydrogen) atoms. The van der Waals surface area contributed by atoms with E-state index in [2.05, 4.69) is 10.3 Å². The molecule has 4 rings (SSSR count). The van der Waals surface area contributed by atoms with Crippen LogP contribution in [-0.2, 0) is 32.5 Å². The maximum Gasteiger partial charge on any atom is 0.243 e. The van der Waals surface area contributed by atoms with Gasteiger partial charge in [-0.2, -0.15) is 4.31 Å². The van der Waals surface area contributed by atoms with Crippen LogP contribution in [0.3, 0.4) is 0 Å². The highest BCUT2D eigenvalue weighted by atomic mass is 32.2. The first-order valence-corrected chi connectivity index (χ1v) is 13.0. The van der Waals surface area contributed by atoms with Gasteiger partial charge >= 0.3 is 0 Å². The summed E-state index contributed by atoms with van der Waals surface area (Å²) < 4.78 is 40.4. The summed E-state index contributed by atoms with van der Waals surface area (Å²) in [6, 6.07) is 12.4. The molecule has 1 saturated heterocycles. The first kappa shape index (κ1) is 24.2. The van der Waals surface area contributed by atoms with Gasteiger partial charge in [0.2, 0.25) is 15.9 Å². The number of ether oxygens (including phenoxy) is 2. The number of imidazole rings is 1. The number of carbonyl (C=O) groups is 1. The summed E-state index contributed by atoms with van der Waals surface area (Å²) in [7, 11) is -3.60. The lowest BCUT2D eigenvalue weighted by atomic mass is 10.2. The molecule has 0 aliphatic carbocycles. The number of morpholine rings is 1. The van der Waals surface area contributed by atoms with Crippen LogP contribution in [0.5, 0.6) is 5.75 Å². The topological polar surface area (TPSA) is 103 Å². The van der Waals surface area contributed by atoms with Crippen LogP contribution in [0, 0.1) is 0 Å². The number of hydrogen-bond donors (Lipinski definition) is 1. The first-order valence-electron chi connectivity index (χ1n) is 11.5. The quantitative estimate of drug-likeness (QED) is 0.499. The van der Waals surface area contributed by atoms with Gasteiger partial charge < -0.3 is 19.4 Å². The van der Waals surface area contributed by atoms with Gasteiger partial charge in [0.15, 0.2) is 0 Å². The van der Waals surface area contributed by atoms with Gasteiger partial charge in [-0.15, -0.1) is 0 Å². The van der Waals surface area contributed by atoms with Gasteiger partial charge in [0.25, 0.3) is 0 Å². The van der Waals surface area contributed by atoms with Crippen LogP contribution in [-0.4, -0.2) is 61.1 Å². The average molecular weight is 487 g/mol. The minimum absolute atomic E-state index is 0.141. The number of nitrogens with one attached hydrogen (secondary N) is 1. The molecule has 1 aromatic heterocycles. The molecule has 1 amide bonds. The Bertz CT molecular complexity index is 1270. The van der Waals surface area contributed by atoms with Crippen LogP contribution in [0.4, 0.5) is 5.69 Å². The Morgan fingerprint density at radius 3 is 2.65 bits per heavy atom. The molecule has 2 heterocycles. The number of sulfonamides is 1. The van der Waals surface area contributed by atoms with E-state index in [4.69, 9.17) is 9.47 Å². The van der Waals surface area contributed by atoms with E-state index in [1.54, 1.807) is 24.3 Å². The summed E-state index contributed by atoms with van der Waals surface area (Å²) in [5.74, 6) is 1.23. The Labute approximate surface area is 199 Å². The van der Waals surface area contributed by atoms with Crippen LogP contribution < -0.4 is 10.1 Å². The molecule has 182 valence electrons. The molecule has 0 saturated carbocycles. The molecule has 0 unspecified atom stereocenters. The second-order valence-electron chi connectivity index (χ2n) is 7.92. The van der Waals surface area contributed by atoms with E-state index in [1.807, 2.05) is 36.6 Å². The number of amides is 1. The van der Waals surface area contributed by atoms with Crippen molar-refractivity contribution in [3.05, 3.63) is 48.3 Å². The van der Waals surface area contributed by atoms with Crippen molar-refractivity contribution in [3.8, 4) is 5.75 Å². The number of carbonyl (C=O) groups excluding carboxylic acids is 1. The van der Waals surface area contributed by atoms with Crippen LogP contribution in [0.2, 0.25) is 0 Å². The van der Waals surface area contributed by atoms with Gasteiger partial charge in [0, 0.05) is 32.5 Å². The van der Waals surface area contributed by atoms with Gasteiger partial charge in [-0.05, 0) is 44.2 Å². The smallest absolute Gasteiger partial charge is 0.243 e. The number of para-hydroxylation sites is 2. The lowest BCUT2D eigenvalue weighted by molar-refractivity contribution is -0.116. The lowest BCUT2D eigenvalue weighted by Crippen LogP contribution is -2.40. The van der Waals surface area contributed by atoms with Crippen LogP contribution in [0.15, 0.2) is 47.4 Å². The Balaban J connectivity index is 1.51. The van der Waals surface area contributed by atoms with E-state index in [0.717, 1.165) is 11.3 Å². The van der Waals surface area contributed by atoms with Crippen molar-refractivity contribution in [2.24, 2.45) is 0 Å². The third kappa shape index (κ3) is 5.08. The average Bonchev–Trinajstić information content (AvgIpc) is 3.21. The van der Waals surface area contributed by atoms with E-state index < -0.39 is 10.0 Å². The van der Waals surface area contributed by atoms with Crippen molar-refractivity contribution in [1.29, 1.82) is 0 Å². The highest BCUT2D eigenvalue weighted by molar-refractivity contribution is 7.89. The van der Waals surface area contributed by atoms with Gasteiger partial charge in [-0.3, -0.25) is 4.79 Å². The van der Waals surface area contributed by atoms with Gasteiger partial charge in [0.05, 0.1) is 41.4 Å². The van der Waals surface area contributed by atoms with Crippen LogP contribution in [0.25, 0.3) is 11.0 Å². The number of nitrogens with zero attached hydrogens (tertiary/aromatic N) is 3. The highest BCUT2D eigenvalue weighted by Crippen LogP contribution is 2.26. The van der Waals surface area contributed by atoms with Crippen LogP contribution in [0.1, 0.15) is 26.1 Å². The molecular formula is C24H30N4O5S. The molecule has 1 aliphatic heterocycles. The Morgan fingerprint density at radius 1 is 1.15 bits per heavy atom. The summed E-state index contributed by atoms with van der Waals surface area (Å²) in [5.41, 5.74) is 2.09. The summed E-state index contributed by atoms with van der Waals surface area (Å²) in [4.78, 5) is 17.5. The fourth-order valence-electron chi connectivity index (χ4n) is 4.09. The molecular weight excluding hydrogens is 456 g/mol. The van der Waals surface area contributed by atoms with Crippen molar-refractivity contribution >= 4 is 32.7 Å². The van der Waals surface area contributed by atoms with E-state index in [1.165, 1.54) is 4.31 Å². The van der Waals surface area contributed by atoms with E-state index in [-0.39, 0.29) is 17.2 Å². The summed E-state index contributed by atoms with van der Waals surface area (Å²) in [6.45, 7) is 6.55. The number of aryl methyl sites for hydroxylation is 2. The molecule has 0 spiro atoms. The SMILES string of the molecule is CCOc1ccccc1NC(=O)CCc1nc2cc(S(=O)(=O)N3CCOCC3)ccc2n1CC. The third-order valence-corrected chi connectivity index (χ3v) is 7.65. The minimum atomic E-state index is -3.60. The van der Waals surface area contributed by atoms with Crippen molar-refractivity contribution in [1.82, 2.24) is 13.9 Å². The van der Waals surface area contributed by atoms with Gasteiger partial charge in [-0.1, -0.05) is 12.1 Å². The largest absolute Gasteiger partial charge is 0.492 e. The number of hydrogen-bond acceptors (Lipinski definition) is 6. The molecule has 1 fully saturated rings. The maximum atomic E-state index is 13.0. The van der Waals surface area contributed by atoms with Crippen molar-refractivity contribution in [3.63, 3.8) is 0 Å². The standard InChI is InChI=1S/C24H30N4O5S/c1-3-28-21-10-9-18(34(30,31)27-13-15-32-16-14-27)17-20(21)25-23(28)11-12-24(29)26-19-7-5-6-8-22(19)33-4-2/h5-10,17H,3-4,11-16H2,1-2H3,(H,26,29). The number of fused-ring (bicyclic) bond motifs is 1. The molecule has 9 nitrogen and oxygen atoms in total. The van der Waals surface area contributed by atoms with E-state index in [9.17, 15) is 13.2 Å². The molecule has 2 aromatic carbocycles. The molecule has 0 bridgehead atoms. The number of benzene rings is 2. The van der Waals surface area contributed by atoms with Gasteiger partial charge in [0.1, 0.15) is 11.6 Å². The zero-order chi connectivity index (χ0) is 24.1. The maximum absolute atomic E-state index is 13.0. The normalized spacial score (nSPS) is 14.9. The third-order valence-electron chi connectivity index (χ3n) is 5.76. The number of anilines is 1. The molecule has 0 atom stereocenters. The highest BCUT2D eigenvalue weighted by Gasteiger charge is 2.27. The molecule has 1 N–H and O–H groups in total. The fourth-order valence-corrected chi connectivity index (χ4v) is 5.52. The summed E-state index contributed by atoms with van der Waals surface area (Å²) in [6.07, 6.45) is 0.666. The predicted octanol–water partition coefficient (Wildman–Crippen LogP) is 3.05. The van der Waals surface area contributed by atoms with E-state index >= 15 is 0 Å². The Hall–Kier alpha value is -2.95. The predicted molar refractivity (Wildman–Crippen MR) is 130 cm³/mol. The summed E-state index contributed by atoms with van der Waals surface area (Å²) >= 11 is 0. The fraction of sp³-hybridized carbons (Fsp3) is 0.417. The Kier molecular flexibility index (Phi) is 7.50. The molecule has 1 aliphatic rings. The van der Waals surface area contributed by atoms with Crippen molar-refractivity contribution < 1.29 is 22.7 Å². The van der Waals surface area contributed by atoms with Crippen molar-refractivity contribution in [2.75, 3.05) is 38.2 Å². The molecule has 3 aromatic rings. The first-order chi connectivity index (χ1) is 16.4. The zero-order valence-corrected chi connectivity index (χ0v) is 20.3. The van der Waals surface area contributed by atoms with E-state index in [0.29, 0.717) is 62.8 Å². The van der Waals surface area contributed by atoms with Crippen LogP contribution >= 0.6 is 0 Å². The number of aromatic nitrogens is 2. The monoisotopic (exact) mass is 486 g/mol. The number of rotatable bonds is 9. The zero-order valence-electron chi connectivity index (χ0n) is 19.5. The molecule has 10 heteroatoms. The lowest BCUT2D eigenvalue weighted by Gasteiger charge is -2.26.